The molecule has 0 saturated carbocycles. The van der Waals surface area contributed by atoms with E-state index in [0.29, 0.717) is 6.61 Å². The minimum atomic E-state index is 0.313. The van der Waals surface area contributed by atoms with Gasteiger partial charge in [-0.25, -0.2) is 0 Å². The Bertz CT molecular complexity index is 63.1. The first-order valence-corrected chi connectivity index (χ1v) is 5.46. The van der Waals surface area contributed by atoms with Crippen LogP contribution in [0.5, 0.6) is 0 Å². The second kappa shape index (κ2) is 10.3. The quantitative estimate of drug-likeness (QED) is 0.545. The molecule has 0 aromatic carbocycles. The molecule has 0 aliphatic heterocycles. The lowest BCUT2D eigenvalue weighted by atomic mass is 10.4. The Morgan fingerprint density at radius 3 is 2.73 bits per heavy atom. The molecule has 2 nitrogen and oxygen atoms in total. The van der Waals surface area contributed by atoms with E-state index in [0.717, 1.165) is 24.6 Å². The van der Waals surface area contributed by atoms with E-state index < -0.39 is 0 Å². The van der Waals surface area contributed by atoms with E-state index in [2.05, 4.69) is 12.2 Å². The molecule has 0 aromatic heterocycles. The number of hydrogen-bond acceptors (Lipinski definition) is 3. The smallest absolute Gasteiger partial charge is 0.0521 e. The van der Waals surface area contributed by atoms with Gasteiger partial charge in [-0.1, -0.05) is 6.92 Å². The van der Waals surface area contributed by atoms with E-state index in [1.54, 1.807) is 0 Å². The van der Waals surface area contributed by atoms with E-state index in [9.17, 15) is 0 Å². The molecule has 0 aliphatic carbocycles. The van der Waals surface area contributed by atoms with Crippen molar-refractivity contribution in [2.24, 2.45) is 0 Å². The van der Waals surface area contributed by atoms with Gasteiger partial charge in [0.15, 0.2) is 0 Å². The summed E-state index contributed by atoms with van der Waals surface area (Å²) in [6.07, 6.45) is 2.43. The van der Waals surface area contributed by atoms with Crippen LogP contribution in [0.1, 0.15) is 19.8 Å². The second-order valence-electron chi connectivity index (χ2n) is 2.44. The molecule has 0 amide bonds. The van der Waals surface area contributed by atoms with Crippen LogP contribution in [0.15, 0.2) is 0 Å². The van der Waals surface area contributed by atoms with Gasteiger partial charge in [0.25, 0.3) is 0 Å². The zero-order valence-electron chi connectivity index (χ0n) is 7.31. The topological polar surface area (TPSA) is 32.3 Å². The summed E-state index contributed by atoms with van der Waals surface area (Å²) in [6, 6.07) is 0. The van der Waals surface area contributed by atoms with Crippen LogP contribution in [0.3, 0.4) is 0 Å². The van der Waals surface area contributed by atoms with Crippen molar-refractivity contribution in [2.75, 3.05) is 31.2 Å². The summed E-state index contributed by atoms with van der Waals surface area (Å²) in [6.45, 7) is 4.73. The minimum absolute atomic E-state index is 0.313. The highest BCUT2D eigenvalue weighted by Crippen LogP contribution is 1.99. The summed E-state index contributed by atoms with van der Waals surface area (Å²) in [4.78, 5) is 0. The largest absolute Gasteiger partial charge is 0.396 e. The zero-order valence-corrected chi connectivity index (χ0v) is 8.12. The maximum atomic E-state index is 8.47. The predicted octanol–water partition coefficient (Wildman–Crippen LogP) is 1.10. The van der Waals surface area contributed by atoms with Crippen LogP contribution in [0, 0.1) is 0 Å². The SMILES string of the molecule is CCCNCCCSCCO. The highest BCUT2D eigenvalue weighted by molar-refractivity contribution is 7.99. The third kappa shape index (κ3) is 10.3. The molecular formula is C8H19NOS. The maximum absolute atomic E-state index is 8.47. The Hall–Kier alpha value is 0.270. The van der Waals surface area contributed by atoms with Crippen molar-refractivity contribution in [2.45, 2.75) is 19.8 Å². The van der Waals surface area contributed by atoms with Gasteiger partial charge in [0, 0.05) is 5.75 Å². The van der Waals surface area contributed by atoms with Gasteiger partial charge in [0.05, 0.1) is 6.61 Å². The molecule has 0 heterocycles. The summed E-state index contributed by atoms with van der Waals surface area (Å²) in [5.41, 5.74) is 0. The minimum Gasteiger partial charge on any atom is -0.396 e. The van der Waals surface area contributed by atoms with E-state index in [-0.39, 0.29) is 0 Å². The van der Waals surface area contributed by atoms with Crippen molar-refractivity contribution >= 4 is 11.8 Å². The molecule has 0 aliphatic rings. The first kappa shape index (κ1) is 11.3. The van der Waals surface area contributed by atoms with Crippen molar-refractivity contribution in [3.05, 3.63) is 0 Å². The normalized spacial score (nSPS) is 10.4. The van der Waals surface area contributed by atoms with Gasteiger partial charge in [0.1, 0.15) is 0 Å². The molecule has 0 spiro atoms. The molecule has 0 fully saturated rings. The molecule has 11 heavy (non-hydrogen) atoms. The van der Waals surface area contributed by atoms with Crippen molar-refractivity contribution in [3.63, 3.8) is 0 Å². The monoisotopic (exact) mass is 177 g/mol. The number of aliphatic hydroxyl groups is 1. The number of thioether (sulfide) groups is 1. The average Bonchev–Trinajstić information content (AvgIpc) is 2.03. The number of aliphatic hydroxyl groups excluding tert-OH is 1. The van der Waals surface area contributed by atoms with Gasteiger partial charge in [-0.2, -0.15) is 11.8 Å². The molecule has 2 N–H and O–H groups in total. The van der Waals surface area contributed by atoms with Gasteiger partial charge in [-0.3, -0.25) is 0 Å². The fraction of sp³-hybridized carbons (Fsp3) is 1.00. The van der Waals surface area contributed by atoms with Crippen LogP contribution < -0.4 is 5.32 Å². The fourth-order valence-corrected chi connectivity index (χ4v) is 1.45. The standard InChI is InChI=1S/C8H19NOS/c1-2-4-9-5-3-7-11-8-6-10/h9-10H,2-8H2,1H3. The lowest BCUT2D eigenvalue weighted by Crippen LogP contribution is -2.16. The number of nitrogens with one attached hydrogen (secondary N) is 1. The number of hydrogen-bond donors (Lipinski definition) is 2. The molecule has 3 heteroatoms. The molecule has 0 atom stereocenters. The summed E-state index contributed by atoms with van der Waals surface area (Å²) < 4.78 is 0. The van der Waals surface area contributed by atoms with Crippen molar-refractivity contribution in [3.8, 4) is 0 Å². The Kier molecular flexibility index (Phi) is 10.5. The Morgan fingerprint density at radius 1 is 1.27 bits per heavy atom. The Labute approximate surface area is 73.8 Å². The van der Waals surface area contributed by atoms with Gasteiger partial charge in [0.2, 0.25) is 0 Å². The van der Waals surface area contributed by atoms with Crippen LogP contribution in [0.4, 0.5) is 0 Å². The van der Waals surface area contributed by atoms with Crippen LogP contribution >= 0.6 is 11.8 Å². The van der Waals surface area contributed by atoms with Gasteiger partial charge in [-0.05, 0) is 31.7 Å². The molecule has 0 saturated heterocycles. The van der Waals surface area contributed by atoms with Gasteiger partial charge < -0.3 is 10.4 Å². The maximum Gasteiger partial charge on any atom is 0.0521 e. The van der Waals surface area contributed by atoms with E-state index in [1.165, 1.54) is 12.8 Å². The van der Waals surface area contributed by atoms with E-state index in [4.69, 9.17) is 5.11 Å². The molecule has 0 rings (SSSR count). The lowest BCUT2D eigenvalue weighted by molar-refractivity contribution is 0.322. The van der Waals surface area contributed by atoms with E-state index in [1.807, 2.05) is 11.8 Å². The summed E-state index contributed by atoms with van der Waals surface area (Å²) in [7, 11) is 0. The Balaban J connectivity index is 2.69. The summed E-state index contributed by atoms with van der Waals surface area (Å²) in [5, 5.41) is 11.8. The molecular weight excluding hydrogens is 158 g/mol. The average molecular weight is 177 g/mol. The van der Waals surface area contributed by atoms with Crippen LogP contribution in [-0.2, 0) is 0 Å². The zero-order chi connectivity index (χ0) is 8.36. The van der Waals surface area contributed by atoms with Gasteiger partial charge >= 0.3 is 0 Å². The van der Waals surface area contributed by atoms with E-state index >= 15 is 0 Å². The third-order valence-electron chi connectivity index (χ3n) is 1.30. The van der Waals surface area contributed by atoms with Crippen LogP contribution in [-0.4, -0.2) is 36.3 Å². The first-order chi connectivity index (χ1) is 5.41. The Morgan fingerprint density at radius 2 is 2.09 bits per heavy atom. The van der Waals surface area contributed by atoms with Crippen molar-refractivity contribution in [1.82, 2.24) is 5.32 Å². The first-order valence-electron chi connectivity index (χ1n) is 4.31. The van der Waals surface area contributed by atoms with Crippen LogP contribution in [0.2, 0.25) is 0 Å². The molecule has 0 unspecified atom stereocenters. The van der Waals surface area contributed by atoms with Crippen molar-refractivity contribution in [1.29, 1.82) is 0 Å². The van der Waals surface area contributed by atoms with Gasteiger partial charge in [-0.15, -0.1) is 0 Å². The summed E-state index contributed by atoms with van der Waals surface area (Å²) in [5.74, 6) is 2.05. The van der Waals surface area contributed by atoms with Crippen LogP contribution in [0.25, 0.3) is 0 Å². The number of rotatable bonds is 8. The fourth-order valence-electron chi connectivity index (χ4n) is 0.768. The summed E-state index contributed by atoms with van der Waals surface area (Å²) >= 11 is 1.82. The molecule has 0 bridgehead atoms. The molecule has 0 aromatic rings. The molecule has 68 valence electrons. The van der Waals surface area contributed by atoms with Crippen molar-refractivity contribution < 1.29 is 5.11 Å². The highest BCUT2D eigenvalue weighted by Gasteiger charge is 1.88. The predicted molar refractivity (Wildman–Crippen MR) is 52.2 cm³/mol. The lowest BCUT2D eigenvalue weighted by Gasteiger charge is -2.01. The molecule has 0 radical (unpaired) electrons. The highest BCUT2D eigenvalue weighted by atomic mass is 32.2. The third-order valence-corrected chi connectivity index (χ3v) is 2.35. The second-order valence-corrected chi connectivity index (χ2v) is 3.66.